The summed E-state index contributed by atoms with van der Waals surface area (Å²) in [5, 5.41) is 0. The molecule has 0 spiro atoms. The van der Waals surface area contributed by atoms with Crippen molar-refractivity contribution >= 4 is 11.4 Å². The van der Waals surface area contributed by atoms with Crippen molar-refractivity contribution < 1.29 is 0 Å². The fraction of sp³-hybridized carbons (Fsp3) is 0.500. The van der Waals surface area contributed by atoms with Crippen LogP contribution in [0.1, 0.15) is 20.3 Å². The second-order valence-corrected chi connectivity index (χ2v) is 4.43. The van der Waals surface area contributed by atoms with E-state index in [4.69, 9.17) is 5.73 Å². The van der Waals surface area contributed by atoms with Crippen LogP contribution in [0.4, 0.5) is 11.4 Å². The van der Waals surface area contributed by atoms with Gasteiger partial charge >= 0.3 is 0 Å². The van der Waals surface area contributed by atoms with Crippen LogP contribution in [0.3, 0.4) is 0 Å². The summed E-state index contributed by atoms with van der Waals surface area (Å²) in [6.45, 7) is 5.78. The summed E-state index contributed by atoms with van der Waals surface area (Å²) in [7, 11) is 0. The monoisotopic (exact) mass is 190 g/mol. The van der Waals surface area contributed by atoms with E-state index in [2.05, 4.69) is 30.9 Å². The lowest BCUT2D eigenvalue weighted by molar-refractivity contribution is 0.625. The van der Waals surface area contributed by atoms with Crippen LogP contribution in [-0.4, -0.2) is 12.6 Å². The minimum absolute atomic E-state index is 0.661. The van der Waals surface area contributed by atoms with Gasteiger partial charge in [0.15, 0.2) is 0 Å². The number of hydrogen-bond donors (Lipinski definition) is 1. The second-order valence-electron chi connectivity index (χ2n) is 4.43. The normalized spacial score (nSPS) is 26.9. The standard InChI is InChI=1S/C12H18N2/c1-9-7-10(2)14(8-9)12-5-3-11(13)4-6-12/h3-6,9-10H,7-8,13H2,1-2H3. The Balaban J connectivity index is 2.19. The Kier molecular flexibility index (Phi) is 2.36. The molecule has 2 heteroatoms. The fourth-order valence-corrected chi connectivity index (χ4v) is 2.33. The lowest BCUT2D eigenvalue weighted by Gasteiger charge is -2.23. The van der Waals surface area contributed by atoms with Crippen molar-refractivity contribution in [3.8, 4) is 0 Å². The molecule has 2 N–H and O–H groups in total. The molecule has 0 aliphatic carbocycles. The molecule has 1 saturated heterocycles. The van der Waals surface area contributed by atoms with Gasteiger partial charge in [-0.15, -0.1) is 0 Å². The van der Waals surface area contributed by atoms with Crippen LogP contribution < -0.4 is 10.6 Å². The van der Waals surface area contributed by atoms with Gasteiger partial charge in [0, 0.05) is 24.0 Å². The quantitative estimate of drug-likeness (QED) is 0.689. The van der Waals surface area contributed by atoms with Gasteiger partial charge in [0.1, 0.15) is 0 Å². The SMILES string of the molecule is CC1CC(C)N(c2ccc(N)cc2)C1. The Bertz CT molecular complexity index is 305. The number of anilines is 2. The maximum Gasteiger partial charge on any atom is 0.0370 e. The zero-order chi connectivity index (χ0) is 10.1. The lowest BCUT2D eigenvalue weighted by atomic mass is 10.1. The molecular weight excluding hydrogens is 172 g/mol. The third-order valence-electron chi connectivity index (χ3n) is 3.01. The fourth-order valence-electron chi connectivity index (χ4n) is 2.33. The van der Waals surface area contributed by atoms with Crippen molar-refractivity contribution in [3.05, 3.63) is 24.3 Å². The zero-order valence-electron chi connectivity index (χ0n) is 8.90. The molecule has 2 unspecified atom stereocenters. The van der Waals surface area contributed by atoms with Gasteiger partial charge in [0.2, 0.25) is 0 Å². The Morgan fingerprint density at radius 2 is 1.86 bits per heavy atom. The van der Waals surface area contributed by atoms with E-state index < -0.39 is 0 Å². The van der Waals surface area contributed by atoms with E-state index >= 15 is 0 Å². The first-order valence-corrected chi connectivity index (χ1v) is 5.29. The lowest BCUT2D eigenvalue weighted by Crippen LogP contribution is -2.26. The molecule has 1 aromatic rings. The highest BCUT2D eigenvalue weighted by Crippen LogP contribution is 2.28. The summed E-state index contributed by atoms with van der Waals surface area (Å²) in [5.41, 5.74) is 7.81. The van der Waals surface area contributed by atoms with Gasteiger partial charge in [-0.25, -0.2) is 0 Å². The number of nitrogen functional groups attached to an aromatic ring is 1. The second kappa shape index (κ2) is 3.52. The van der Waals surface area contributed by atoms with Gasteiger partial charge < -0.3 is 10.6 Å². The predicted octanol–water partition coefficient (Wildman–Crippen LogP) is 2.50. The molecule has 1 fully saturated rings. The summed E-state index contributed by atoms with van der Waals surface area (Å²) in [4.78, 5) is 2.46. The molecule has 2 rings (SSSR count). The predicted molar refractivity (Wildman–Crippen MR) is 61.4 cm³/mol. The summed E-state index contributed by atoms with van der Waals surface area (Å²) in [6.07, 6.45) is 1.30. The molecule has 76 valence electrons. The maximum absolute atomic E-state index is 5.67. The maximum atomic E-state index is 5.67. The van der Waals surface area contributed by atoms with Crippen LogP contribution in [0.2, 0.25) is 0 Å². The number of hydrogen-bond acceptors (Lipinski definition) is 2. The van der Waals surface area contributed by atoms with Crippen LogP contribution >= 0.6 is 0 Å². The van der Waals surface area contributed by atoms with Crippen LogP contribution in [0.25, 0.3) is 0 Å². The molecule has 1 aromatic carbocycles. The first kappa shape index (κ1) is 9.38. The molecule has 14 heavy (non-hydrogen) atoms. The highest BCUT2D eigenvalue weighted by atomic mass is 15.2. The molecule has 1 aliphatic heterocycles. The van der Waals surface area contributed by atoms with Gasteiger partial charge in [-0.3, -0.25) is 0 Å². The molecule has 2 nitrogen and oxygen atoms in total. The summed E-state index contributed by atoms with van der Waals surface area (Å²) in [6, 6.07) is 8.85. The average molecular weight is 190 g/mol. The van der Waals surface area contributed by atoms with Crippen LogP contribution in [-0.2, 0) is 0 Å². The highest BCUT2D eigenvalue weighted by Gasteiger charge is 2.25. The topological polar surface area (TPSA) is 29.3 Å². The van der Waals surface area contributed by atoms with Crippen molar-refractivity contribution in [2.45, 2.75) is 26.3 Å². The van der Waals surface area contributed by atoms with Crippen molar-refractivity contribution in [1.82, 2.24) is 0 Å². The highest BCUT2D eigenvalue weighted by molar-refractivity contribution is 5.54. The number of nitrogens with zero attached hydrogens (tertiary/aromatic N) is 1. The van der Waals surface area contributed by atoms with Crippen LogP contribution in [0.5, 0.6) is 0 Å². The molecule has 0 radical (unpaired) electrons. The molecular formula is C12H18N2. The number of rotatable bonds is 1. The van der Waals surface area contributed by atoms with E-state index in [0.717, 1.165) is 11.6 Å². The van der Waals surface area contributed by atoms with Gasteiger partial charge in [-0.1, -0.05) is 6.92 Å². The van der Waals surface area contributed by atoms with Crippen LogP contribution in [0.15, 0.2) is 24.3 Å². The van der Waals surface area contributed by atoms with Crippen molar-refractivity contribution in [1.29, 1.82) is 0 Å². The number of nitrogens with two attached hydrogens (primary N) is 1. The van der Waals surface area contributed by atoms with Crippen molar-refractivity contribution in [2.75, 3.05) is 17.2 Å². The van der Waals surface area contributed by atoms with Crippen molar-refractivity contribution in [3.63, 3.8) is 0 Å². The van der Waals surface area contributed by atoms with E-state index in [1.165, 1.54) is 18.7 Å². The van der Waals surface area contributed by atoms with Gasteiger partial charge in [-0.2, -0.15) is 0 Å². The third kappa shape index (κ3) is 1.69. The van der Waals surface area contributed by atoms with E-state index in [-0.39, 0.29) is 0 Å². The summed E-state index contributed by atoms with van der Waals surface area (Å²) < 4.78 is 0. The first-order valence-electron chi connectivity index (χ1n) is 5.29. The van der Waals surface area contributed by atoms with E-state index in [1.54, 1.807) is 0 Å². The smallest absolute Gasteiger partial charge is 0.0370 e. The Morgan fingerprint density at radius 3 is 2.36 bits per heavy atom. The largest absolute Gasteiger partial charge is 0.399 e. The molecule has 0 bridgehead atoms. The summed E-state index contributed by atoms with van der Waals surface area (Å²) in [5.74, 6) is 0.808. The zero-order valence-corrected chi connectivity index (χ0v) is 8.90. The van der Waals surface area contributed by atoms with E-state index in [0.29, 0.717) is 6.04 Å². The minimum Gasteiger partial charge on any atom is -0.399 e. The molecule has 0 amide bonds. The molecule has 0 aromatic heterocycles. The molecule has 2 atom stereocenters. The van der Waals surface area contributed by atoms with E-state index in [1.807, 2.05) is 12.1 Å². The average Bonchev–Trinajstić information content (AvgIpc) is 2.47. The Hall–Kier alpha value is -1.18. The third-order valence-corrected chi connectivity index (χ3v) is 3.01. The van der Waals surface area contributed by atoms with E-state index in [9.17, 15) is 0 Å². The van der Waals surface area contributed by atoms with Gasteiger partial charge in [0.05, 0.1) is 0 Å². The molecule has 1 aliphatic rings. The van der Waals surface area contributed by atoms with Crippen molar-refractivity contribution in [2.24, 2.45) is 5.92 Å². The van der Waals surface area contributed by atoms with Gasteiger partial charge in [0.25, 0.3) is 0 Å². The van der Waals surface area contributed by atoms with Gasteiger partial charge in [-0.05, 0) is 43.5 Å². The molecule has 1 heterocycles. The number of benzene rings is 1. The summed E-state index contributed by atoms with van der Waals surface area (Å²) >= 11 is 0. The Labute approximate surface area is 85.7 Å². The first-order chi connectivity index (χ1) is 6.66. The minimum atomic E-state index is 0.661. The Morgan fingerprint density at radius 1 is 1.21 bits per heavy atom. The van der Waals surface area contributed by atoms with Crippen LogP contribution in [0, 0.1) is 5.92 Å². The molecule has 0 saturated carbocycles.